The molecule has 0 unspecified atom stereocenters. The van der Waals surface area contributed by atoms with Crippen LogP contribution in [0.1, 0.15) is 35.7 Å². The van der Waals surface area contributed by atoms with Crippen molar-refractivity contribution in [2.45, 2.75) is 31.9 Å². The molecule has 1 aliphatic carbocycles. The van der Waals surface area contributed by atoms with Crippen molar-refractivity contribution in [3.05, 3.63) is 53.3 Å². The molecule has 1 aromatic carbocycles. The lowest BCUT2D eigenvalue weighted by molar-refractivity contribution is 0.269. The van der Waals surface area contributed by atoms with Crippen LogP contribution in [0.4, 0.5) is 0 Å². The van der Waals surface area contributed by atoms with E-state index in [1.165, 1.54) is 18.4 Å². The van der Waals surface area contributed by atoms with E-state index in [9.17, 15) is 5.11 Å². The highest BCUT2D eigenvalue weighted by molar-refractivity contribution is 5.21. The number of rotatable bonds is 4. The summed E-state index contributed by atoms with van der Waals surface area (Å²) in [7, 11) is 0. The Balaban J connectivity index is 1.86. The van der Waals surface area contributed by atoms with Crippen LogP contribution < -0.4 is 0 Å². The molecular formula is C14H16N2O. The molecule has 2 aromatic rings. The molecule has 1 N–H and O–H groups in total. The molecule has 0 saturated heterocycles. The highest BCUT2D eigenvalue weighted by Gasteiger charge is 2.27. The molecule has 3 nitrogen and oxygen atoms in total. The number of aliphatic hydroxyl groups excluding tert-OH is 1. The maximum Gasteiger partial charge on any atom is 0.0850 e. The lowest BCUT2D eigenvalue weighted by Gasteiger charge is -2.05. The Hall–Kier alpha value is -1.61. The summed E-state index contributed by atoms with van der Waals surface area (Å²) in [5.41, 5.74) is 3.27. The van der Waals surface area contributed by atoms with Gasteiger partial charge in [-0.05, 0) is 24.5 Å². The summed E-state index contributed by atoms with van der Waals surface area (Å²) in [5.74, 6) is 0.636. The Morgan fingerprint density at radius 1 is 1.24 bits per heavy atom. The van der Waals surface area contributed by atoms with Gasteiger partial charge in [0.1, 0.15) is 0 Å². The summed E-state index contributed by atoms with van der Waals surface area (Å²) in [5, 5.41) is 13.9. The Labute approximate surface area is 101 Å². The van der Waals surface area contributed by atoms with Crippen LogP contribution in [0.5, 0.6) is 0 Å². The molecule has 0 spiro atoms. The third-order valence-electron chi connectivity index (χ3n) is 3.22. The minimum absolute atomic E-state index is 0.0621. The van der Waals surface area contributed by atoms with E-state index in [4.69, 9.17) is 0 Å². The van der Waals surface area contributed by atoms with Crippen LogP contribution in [0.2, 0.25) is 0 Å². The molecule has 1 aliphatic rings. The van der Waals surface area contributed by atoms with E-state index in [2.05, 4.69) is 17.2 Å². The van der Waals surface area contributed by atoms with Crippen molar-refractivity contribution < 1.29 is 5.11 Å². The Bertz CT molecular complexity index is 500. The average Bonchev–Trinajstić information content (AvgIpc) is 3.13. The van der Waals surface area contributed by atoms with E-state index in [0.717, 1.165) is 17.9 Å². The molecule has 88 valence electrons. The van der Waals surface area contributed by atoms with Crippen LogP contribution in [0, 0.1) is 0 Å². The Kier molecular flexibility index (Phi) is 2.69. The van der Waals surface area contributed by atoms with Gasteiger partial charge in [0.25, 0.3) is 0 Å². The van der Waals surface area contributed by atoms with E-state index in [1.54, 1.807) is 0 Å². The van der Waals surface area contributed by atoms with Crippen LogP contribution in [-0.4, -0.2) is 14.9 Å². The minimum Gasteiger partial charge on any atom is -0.390 e. The lowest BCUT2D eigenvalue weighted by atomic mass is 10.2. The zero-order chi connectivity index (χ0) is 11.7. The maximum atomic E-state index is 9.35. The molecule has 0 bridgehead atoms. The summed E-state index contributed by atoms with van der Waals surface area (Å²) in [4.78, 5) is 0. The molecule has 1 aromatic heterocycles. The first-order valence-electron chi connectivity index (χ1n) is 6.08. The van der Waals surface area contributed by atoms with Crippen molar-refractivity contribution >= 4 is 0 Å². The highest BCUT2D eigenvalue weighted by Crippen LogP contribution is 2.39. The number of aromatic nitrogens is 2. The van der Waals surface area contributed by atoms with Crippen LogP contribution in [-0.2, 0) is 13.2 Å². The predicted octanol–water partition coefficient (Wildman–Crippen LogP) is 2.30. The fourth-order valence-corrected chi connectivity index (χ4v) is 2.08. The second-order valence-corrected chi connectivity index (χ2v) is 4.64. The van der Waals surface area contributed by atoms with Gasteiger partial charge >= 0.3 is 0 Å². The summed E-state index contributed by atoms with van der Waals surface area (Å²) < 4.78 is 1.92. The number of hydrogen-bond donors (Lipinski definition) is 1. The van der Waals surface area contributed by atoms with Crippen molar-refractivity contribution in [3.8, 4) is 0 Å². The van der Waals surface area contributed by atoms with Crippen LogP contribution >= 0.6 is 0 Å². The van der Waals surface area contributed by atoms with Gasteiger partial charge in [0.15, 0.2) is 0 Å². The van der Waals surface area contributed by atoms with Gasteiger partial charge in [0.05, 0.1) is 24.5 Å². The topological polar surface area (TPSA) is 38.1 Å². The molecule has 0 atom stereocenters. The quantitative estimate of drug-likeness (QED) is 0.872. The van der Waals surface area contributed by atoms with Gasteiger partial charge < -0.3 is 5.11 Å². The molecule has 0 radical (unpaired) electrons. The zero-order valence-corrected chi connectivity index (χ0v) is 9.71. The monoisotopic (exact) mass is 228 g/mol. The molecule has 0 aliphatic heterocycles. The molecule has 0 amide bonds. The highest BCUT2D eigenvalue weighted by atomic mass is 16.3. The van der Waals surface area contributed by atoms with Crippen LogP contribution in [0.25, 0.3) is 0 Å². The lowest BCUT2D eigenvalue weighted by Crippen LogP contribution is -2.06. The van der Waals surface area contributed by atoms with Gasteiger partial charge in [0.2, 0.25) is 0 Å². The van der Waals surface area contributed by atoms with E-state index in [-0.39, 0.29) is 6.61 Å². The third kappa shape index (κ3) is 2.24. The zero-order valence-electron chi connectivity index (χ0n) is 9.71. The Morgan fingerprint density at radius 2 is 2.00 bits per heavy atom. The van der Waals surface area contributed by atoms with Gasteiger partial charge in [-0.25, -0.2) is 0 Å². The molecule has 17 heavy (non-hydrogen) atoms. The predicted molar refractivity (Wildman–Crippen MR) is 65.7 cm³/mol. The number of nitrogens with zero attached hydrogens (tertiary/aromatic N) is 2. The average molecular weight is 228 g/mol. The smallest absolute Gasteiger partial charge is 0.0850 e. The van der Waals surface area contributed by atoms with Crippen molar-refractivity contribution in [2.75, 3.05) is 0 Å². The normalized spacial score (nSPS) is 15.1. The molecule has 1 saturated carbocycles. The first-order valence-corrected chi connectivity index (χ1v) is 6.08. The fraction of sp³-hybridized carbons (Fsp3) is 0.357. The molecular weight excluding hydrogens is 212 g/mol. The maximum absolute atomic E-state index is 9.35. The van der Waals surface area contributed by atoms with Gasteiger partial charge in [-0.15, -0.1) is 0 Å². The van der Waals surface area contributed by atoms with Crippen LogP contribution in [0.15, 0.2) is 36.4 Å². The van der Waals surface area contributed by atoms with Gasteiger partial charge in [0, 0.05) is 5.92 Å². The summed E-state index contributed by atoms with van der Waals surface area (Å²) in [6.45, 7) is 0.802. The Morgan fingerprint density at radius 3 is 2.65 bits per heavy atom. The summed E-state index contributed by atoms with van der Waals surface area (Å²) in [6.07, 6.45) is 2.49. The summed E-state index contributed by atoms with van der Waals surface area (Å²) in [6, 6.07) is 12.3. The number of benzene rings is 1. The van der Waals surface area contributed by atoms with Gasteiger partial charge in [-0.3, -0.25) is 4.68 Å². The second-order valence-electron chi connectivity index (χ2n) is 4.64. The van der Waals surface area contributed by atoms with E-state index < -0.39 is 0 Å². The third-order valence-corrected chi connectivity index (χ3v) is 3.22. The van der Waals surface area contributed by atoms with Gasteiger partial charge in [-0.1, -0.05) is 30.3 Å². The first kappa shape index (κ1) is 10.5. The number of hydrogen-bond acceptors (Lipinski definition) is 2. The molecule has 3 rings (SSSR count). The first-order chi connectivity index (χ1) is 8.36. The SMILES string of the molecule is OCc1cc(C2CC2)nn1Cc1ccccc1. The summed E-state index contributed by atoms with van der Waals surface area (Å²) >= 11 is 0. The van der Waals surface area contributed by atoms with E-state index in [0.29, 0.717) is 5.92 Å². The largest absolute Gasteiger partial charge is 0.390 e. The minimum atomic E-state index is 0.0621. The molecule has 1 fully saturated rings. The molecule has 1 heterocycles. The molecule has 3 heteroatoms. The van der Waals surface area contributed by atoms with Crippen molar-refractivity contribution in [1.29, 1.82) is 0 Å². The van der Waals surface area contributed by atoms with E-state index >= 15 is 0 Å². The van der Waals surface area contributed by atoms with Crippen molar-refractivity contribution in [1.82, 2.24) is 9.78 Å². The van der Waals surface area contributed by atoms with Crippen LogP contribution in [0.3, 0.4) is 0 Å². The standard InChI is InChI=1S/C14H16N2O/c17-10-13-8-14(12-6-7-12)15-16(13)9-11-4-2-1-3-5-11/h1-5,8,12,17H,6-7,9-10H2. The second kappa shape index (κ2) is 4.34. The van der Waals surface area contributed by atoms with Gasteiger partial charge in [-0.2, -0.15) is 5.10 Å². The van der Waals surface area contributed by atoms with Crippen molar-refractivity contribution in [3.63, 3.8) is 0 Å². The number of aliphatic hydroxyl groups is 1. The van der Waals surface area contributed by atoms with E-state index in [1.807, 2.05) is 28.9 Å². The van der Waals surface area contributed by atoms with Crippen molar-refractivity contribution in [2.24, 2.45) is 0 Å². The fourth-order valence-electron chi connectivity index (χ4n) is 2.08.